The highest BCUT2D eigenvalue weighted by Crippen LogP contribution is 2.27. The number of methoxy groups -OCH3 is 1. The molecule has 0 radical (unpaired) electrons. The minimum atomic E-state index is -0.595. The van der Waals surface area contributed by atoms with Crippen molar-refractivity contribution in [2.24, 2.45) is 5.10 Å². The number of carbonyl (C=O) groups is 2. The van der Waals surface area contributed by atoms with Gasteiger partial charge in [0, 0.05) is 28.9 Å². The summed E-state index contributed by atoms with van der Waals surface area (Å²) < 4.78 is 7.37. The lowest BCUT2D eigenvalue weighted by Crippen LogP contribution is -2.33. The molecule has 0 aliphatic carbocycles. The number of hydrazone groups is 1. The zero-order valence-corrected chi connectivity index (χ0v) is 24.8. The molecule has 36 heavy (non-hydrogen) atoms. The molecule has 0 unspecified atom stereocenters. The number of hydrogen-bond donors (Lipinski definition) is 2. The number of hydrogen-bond acceptors (Lipinski definition) is 5. The standard InChI is InChI=1S/C26H23ClI2N4O3/c1-33(2)19-10-8-16(9-11-19)12-23(31-25(34)20-6-4-5-7-21(20)27)26(35)32-30-15-17-13-18(28)14-22(29)24(17)36-3/h4-15H,1-3H3,(H,31,34)(H,32,35)/b23-12+,30-15+. The summed E-state index contributed by atoms with van der Waals surface area (Å²) in [7, 11) is 5.46. The molecule has 0 bridgehead atoms. The van der Waals surface area contributed by atoms with Gasteiger partial charge in [0.2, 0.25) is 0 Å². The lowest BCUT2D eigenvalue weighted by molar-refractivity contribution is -0.117. The van der Waals surface area contributed by atoms with Crippen LogP contribution in [0.25, 0.3) is 6.08 Å². The molecule has 0 saturated heterocycles. The van der Waals surface area contributed by atoms with E-state index in [1.54, 1.807) is 37.5 Å². The fraction of sp³-hybridized carbons (Fsp3) is 0.115. The Labute approximate surface area is 242 Å². The summed E-state index contributed by atoms with van der Waals surface area (Å²) in [5.74, 6) is -0.454. The Hall–Kier alpha value is -2.64. The van der Waals surface area contributed by atoms with E-state index in [1.807, 2.05) is 55.4 Å². The number of carbonyl (C=O) groups excluding carboxylic acids is 2. The van der Waals surface area contributed by atoms with E-state index in [0.29, 0.717) is 11.3 Å². The molecule has 0 aliphatic heterocycles. The summed E-state index contributed by atoms with van der Waals surface area (Å²) in [4.78, 5) is 27.9. The van der Waals surface area contributed by atoms with Crippen molar-refractivity contribution >= 4 is 86.6 Å². The van der Waals surface area contributed by atoms with Gasteiger partial charge in [-0.2, -0.15) is 5.10 Å². The van der Waals surface area contributed by atoms with Gasteiger partial charge in [-0.25, -0.2) is 5.43 Å². The first-order valence-electron chi connectivity index (χ1n) is 10.6. The van der Waals surface area contributed by atoms with E-state index in [2.05, 4.69) is 61.0 Å². The van der Waals surface area contributed by atoms with Gasteiger partial charge in [0.15, 0.2) is 0 Å². The van der Waals surface area contributed by atoms with E-state index >= 15 is 0 Å². The first-order chi connectivity index (χ1) is 17.2. The van der Waals surface area contributed by atoms with Crippen LogP contribution >= 0.6 is 56.8 Å². The molecule has 2 amide bonds. The zero-order valence-electron chi connectivity index (χ0n) is 19.7. The first kappa shape index (κ1) is 27.9. The van der Waals surface area contributed by atoms with Gasteiger partial charge in [-0.1, -0.05) is 35.9 Å². The predicted octanol–water partition coefficient (Wildman–Crippen LogP) is 5.55. The molecule has 0 aromatic heterocycles. The average Bonchev–Trinajstić information content (AvgIpc) is 2.84. The minimum absolute atomic E-state index is 0.0128. The second-order valence-corrected chi connectivity index (χ2v) is 10.5. The largest absolute Gasteiger partial charge is 0.495 e. The number of amides is 2. The van der Waals surface area contributed by atoms with Gasteiger partial charge in [-0.3, -0.25) is 9.59 Å². The third-order valence-electron chi connectivity index (χ3n) is 4.94. The molecule has 0 spiro atoms. The smallest absolute Gasteiger partial charge is 0.287 e. The SMILES string of the molecule is COc1c(I)cc(I)cc1/C=N/NC(=O)/C(=C\c1ccc(N(C)C)cc1)NC(=O)c1ccccc1Cl. The molecular formula is C26H23ClI2N4O3. The van der Waals surface area contributed by atoms with Gasteiger partial charge in [-0.15, -0.1) is 0 Å². The van der Waals surface area contributed by atoms with Crippen molar-refractivity contribution in [3.05, 3.63) is 95.2 Å². The van der Waals surface area contributed by atoms with Crippen LogP contribution in [0.2, 0.25) is 5.02 Å². The summed E-state index contributed by atoms with van der Waals surface area (Å²) in [6, 6.07) is 18.0. The molecule has 3 aromatic rings. The van der Waals surface area contributed by atoms with Crippen molar-refractivity contribution in [1.82, 2.24) is 10.7 Å². The average molecular weight is 729 g/mol. The van der Waals surface area contributed by atoms with Gasteiger partial charge < -0.3 is 15.0 Å². The monoisotopic (exact) mass is 728 g/mol. The topological polar surface area (TPSA) is 83.0 Å². The Balaban J connectivity index is 1.88. The third-order valence-corrected chi connectivity index (χ3v) is 6.70. The molecule has 0 aliphatic rings. The maximum Gasteiger partial charge on any atom is 0.287 e. The molecule has 10 heteroatoms. The molecule has 3 rings (SSSR count). The van der Waals surface area contributed by atoms with Crippen molar-refractivity contribution < 1.29 is 14.3 Å². The number of nitrogens with one attached hydrogen (secondary N) is 2. The van der Waals surface area contributed by atoms with Gasteiger partial charge in [-0.05, 0) is 93.2 Å². The van der Waals surface area contributed by atoms with Crippen LogP contribution in [-0.2, 0) is 4.79 Å². The Morgan fingerprint density at radius 3 is 2.39 bits per heavy atom. The Morgan fingerprint density at radius 1 is 1.06 bits per heavy atom. The molecular weight excluding hydrogens is 706 g/mol. The second kappa shape index (κ2) is 13.1. The quantitative estimate of drug-likeness (QED) is 0.138. The molecule has 7 nitrogen and oxygen atoms in total. The summed E-state index contributed by atoms with van der Waals surface area (Å²) in [5, 5.41) is 7.04. The highest BCUT2D eigenvalue weighted by atomic mass is 127. The molecule has 186 valence electrons. The fourth-order valence-corrected chi connectivity index (χ4v) is 5.47. The molecule has 0 heterocycles. The van der Waals surface area contributed by atoms with E-state index in [1.165, 1.54) is 6.21 Å². The van der Waals surface area contributed by atoms with Crippen molar-refractivity contribution in [2.75, 3.05) is 26.1 Å². The van der Waals surface area contributed by atoms with Gasteiger partial charge in [0.25, 0.3) is 11.8 Å². The molecule has 2 N–H and O–H groups in total. The summed E-state index contributed by atoms with van der Waals surface area (Å²) >= 11 is 10.6. The number of ether oxygens (including phenoxy) is 1. The first-order valence-corrected chi connectivity index (χ1v) is 13.1. The highest BCUT2D eigenvalue weighted by molar-refractivity contribution is 14.1. The fourth-order valence-electron chi connectivity index (χ4n) is 3.14. The summed E-state index contributed by atoms with van der Waals surface area (Å²) in [5.41, 5.74) is 5.19. The van der Waals surface area contributed by atoms with Crippen LogP contribution in [0.1, 0.15) is 21.5 Å². The van der Waals surface area contributed by atoms with Crippen LogP contribution in [0.3, 0.4) is 0 Å². The van der Waals surface area contributed by atoms with Crippen LogP contribution in [-0.4, -0.2) is 39.2 Å². The number of rotatable bonds is 8. The number of anilines is 1. The third kappa shape index (κ3) is 7.43. The second-order valence-electron chi connectivity index (χ2n) is 7.69. The van der Waals surface area contributed by atoms with Crippen LogP contribution in [0.4, 0.5) is 5.69 Å². The highest BCUT2D eigenvalue weighted by Gasteiger charge is 2.16. The van der Waals surface area contributed by atoms with E-state index in [4.69, 9.17) is 16.3 Å². The summed E-state index contributed by atoms with van der Waals surface area (Å²) in [6.45, 7) is 0. The van der Waals surface area contributed by atoms with E-state index < -0.39 is 11.8 Å². The summed E-state index contributed by atoms with van der Waals surface area (Å²) in [6.07, 6.45) is 3.08. The predicted molar refractivity (Wildman–Crippen MR) is 162 cm³/mol. The van der Waals surface area contributed by atoms with Crippen LogP contribution < -0.4 is 20.4 Å². The van der Waals surface area contributed by atoms with Crippen molar-refractivity contribution in [2.45, 2.75) is 0 Å². The number of benzene rings is 3. The van der Waals surface area contributed by atoms with Crippen molar-refractivity contribution in [3.63, 3.8) is 0 Å². The maximum atomic E-state index is 13.1. The Bertz CT molecular complexity index is 1330. The molecule has 0 fully saturated rings. The molecule has 0 saturated carbocycles. The Kier molecular flexibility index (Phi) is 10.1. The lowest BCUT2D eigenvalue weighted by atomic mass is 10.1. The Morgan fingerprint density at radius 2 is 1.75 bits per heavy atom. The maximum absolute atomic E-state index is 13.1. The van der Waals surface area contributed by atoms with Gasteiger partial charge in [0.1, 0.15) is 11.4 Å². The normalized spacial score (nSPS) is 11.3. The van der Waals surface area contributed by atoms with E-state index in [9.17, 15) is 9.59 Å². The van der Waals surface area contributed by atoms with Crippen LogP contribution in [0.15, 0.2) is 71.5 Å². The lowest BCUT2D eigenvalue weighted by Gasteiger charge is -2.13. The van der Waals surface area contributed by atoms with Crippen LogP contribution in [0, 0.1) is 7.14 Å². The van der Waals surface area contributed by atoms with Crippen LogP contribution in [0.5, 0.6) is 5.75 Å². The molecule has 3 aromatic carbocycles. The number of nitrogens with zero attached hydrogens (tertiary/aromatic N) is 2. The zero-order chi connectivity index (χ0) is 26.2. The van der Waals surface area contributed by atoms with Crippen molar-refractivity contribution in [3.8, 4) is 5.75 Å². The van der Waals surface area contributed by atoms with Crippen molar-refractivity contribution in [1.29, 1.82) is 0 Å². The number of halogens is 3. The van der Waals surface area contributed by atoms with Gasteiger partial charge in [0.05, 0.1) is 27.5 Å². The minimum Gasteiger partial charge on any atom is -0.495 e. The van der Waals surface area contributed by atoms with E-state index in [0.717, 1.165) is 18.4 Å². The van der Waals surface area contributed by atoms with Gasteiger partial charge >= 0.3 is 0 Å². The van der Waals surface area contributed by atoms with E-state index in [-0.39, 0.29) is 16.3 Å². The molecule has 0 atom stereocenters.